The fraction of sp³-hybridized carbons (Fsp3) is 0.522. The lowest BCUT2D eigenvalue weighted by Gasteiger charge is -2.24. The Labute approximate surface area is 203 Å². The van der Waals surface area contributed by atoms with E-state index in [1.54, 1.807) is 24.3 Å². The molecule has 1 aromatic carbocycles. The van der Waals surface area contributed by atoms with Gasteiger partial charge in [-0.05, 0) is 30.0 Å². The number of carbonyl (C=O) groups excluding carboxylic acids is 3. The van der Waals surface area contributed by atoms with Gasteiger partial charge in [0.2, 0.25) is 11.8 Å². The van der Waals surface area contributed by atoms with Gasteiger partial charge in [0.25, 0.3) is 0 Å². The summed E-state index contributed by atoms with van der Waals surface area (Å²) >= 11 is 0. The molecule has 11 nitrogen and oxygen atoms in total. The maximum atomic E-state index is 12.0. The van der Waals surface area contributed by atoms with Gasteiger partial charge in [0.05, 0.1) is 12.6 Å². The zero-order valence-electron chi connectivity index (χ0n) is 21.2. The molecule has 0 saturated carbocycles. The molecule has 10 N–H and O–H groups in total. The van der Waals surface area contributed by atoms with Crippen molar-refractivity contribution in [3.05, 3.63) is 41.7 Å². The highest BCUT2D eigenvalue weighted by Gasteiger charge is 2.18. The summed E-state index contributed by atoms with van der Waals surface area (Å²) in [7, 11) is 0. The van der Waals surface area contributed by atoms with E-state index in [-0.39, 0.29) is 36.9 Å². The van der Waals surface area contributed by atoms with Crippen LogP contribution in [0.25, 0.3) is 0 Å². The van der Waals surface area contributed by atoms with E-state index in [4.69, 9.17) is 22.4 Å². The van der Waals surface area contributed by atoms with Gasteiger partial charge in [0.1, 0.15) is 6.54 Å². The molecular weight excluding hydrogens is 438 g/mol. The Balaban J connectivity index is 0. The summed E-state index contributed by atoms with van der Waals surface area (Å²) in [6.07, 6.45) is 2.37. The molecule has 1 atom stereocenters. The molecule has 1 rings (SSSR count). The molecular formula is C23H43N7O4. The molecule has 0 heterocycles. The second-order valence-corrected chi connectivity index (χ2v) is 7.42. The first-order valence-corrected chi connectivity index (χ1v) is 11.3. The zero-order chi connectivity index (χ0) is 26.7. The molecule has 1 aromatic rings. The molecule has 0 aromatic heterocycles. The molecule has 0 fully saturated rings. The van der Waals surface area contributed by atoms with Gasteiger partial charge < -0.3 is 37.5 Å². The Morgan fingerprint density at radius 2 is 1.68 bits per heavy atom. The first-order chi connectivity index (χ1) is 16.0. The average Bonchev–Trinajstić information content (AvgIpc) is 2.77. The van der Waals surface area contributed by atoms with Crippen molar-refractivity contribution in [2.24, 2.45) is 23.2 Å². The first kappa shape index (κ1) is 32.9. The number of aliphatic hydroxyl groups excluding tert-OH is 1. The number of hydrogen-bond donors (Lipinski definition) is 7. The van der Waals surface area contributed by atoms with E-state index < -0.39 is 6.03 Å². The zero-order valence-corrected chi connectivity index (χ0v) is 21.2. The van der Waals surface area contributed by atoms with Crippen LogP contribution < -0.4 is 33.3 Å². The van der Waals surface area contributed by atoms with Gasteiger partial charge in [0, 0.05) is 31.1 Å². The molecule has 194 valence electrons. The van der Waals surface area contributed by atoms with Crippen molar-refractivity contribution in [3.8, 4) is 0 Å². The highest BCUT2D eigenvalue weighted by molar-refractivity contribution is 5.92. The Hall–Kier alpha value is -3.31. The molecule has 0 bridgehead atoms. The van der Waals surface area contributed by atoms with Gasteiger partial charge in [-0.1, -0.05) is 46.8 Å². The fourth-order valence-electron chi connectivity index (χ4n) is 2.48. The van der Waals surface area contributed by atoms with Crippen molar-refractivity contribution in [2.45, 2.75) is 60.6 Å². The molecule has 0 aliphatic carbocycles. The number of amides is 4. The van der Waals surface area contributed by atoms with Crippen molar-refractivity contribution in [1.29, 1.82) is 0 Å². The molecule has 0 aliphatic heterocycles. The number of anilines is 1. The molecule has 1 unspecified atom stereocenters. The summed E-state index contributed by atoms with van der Waals surface area (Å²) in [5.74, 6) is 5.38. The van der Waals surface area contributed by atoms with Gasteiger partial charge in [-0.3, -0.25) is 9.59 Å². The number of primary amides is 1. The second kappa shape index (κ2) is 19.2. The van der Waals surface area contributed by atoms with Gasteiger partial charge in [0.15, 0.2) is 0 Å². The molecule has 11 heteroatoms. The number of nitrogens with zero attached hydrogens (tertiary/aromatic N) is 1. The number of carbonyl (C=O) groups is 3. The van der Waals surface area contributed by atoms with Crippen LogP contribution in [-0.4, -0.2) is 47.1 Å². The van der Waals surface area contributed by atoms with Crippen LogP contribution in [0.3, 0.4) is 0 Å². The first-order valence-electron chi connectivity index (χ1n) is 11.3. The van der Waals surface area contributed by atoms with Gasteiger partial charge >= 0.3 is 6.03 Å². The van der Waals surface area contributed by atoms with Crippen molar-refractivity contribution in [2.75, 3.05) is 18.4 Å². The molecule has 0 aliphatic rings. The monoisotopic (exact) mass is 481 g/mol. The van der Waals surface area contributed by atoms with Crippen LogP contribution in [0.4, 0.5) is 10.5 Å². The lowest BCUT2D eigenvalue weighted by molar-refractivity contribution is -0.120. The minimum atomic E-state index is -0.443. The Bertz CT molecular complexity index is 752. The van der Waals surface area contributed by atoms with Crippen molar-refractivity contribution >= 4 is 23.5 Å². The molecule has 0 saturated heterocycles. The summed E-state index contributed by atoms with van der Waals surface area (Å²) in [4.78, 5) is 33.1. The predicted octanol–water partition coefficient (Wildman–Crippen LogP) is 1.34. The number of nitrogens with one attached hydrogen (secondary N) is 3. The van der Waals surface area contributed by atoms with E-state index in [2.05, 4.69) is 16.0 Å². The fourth-order valence-corrected chi connectivity index (χ4v) is 2.48. The van der Waals surface area contributed by atoms with Crippen molar-refractivity contribution in [1.82, 2.24) is 15.6 Å². The van der Waals surface area contributed by atoms with Crippen molar-refractivity contribution < 1.29 is 19.5 Å². The maximum absolute atomic E-state index is 12.0. The van der Waals surface area contributed by atoms with Crippen LogP contribution >= 0.6 is 0 Å². The average molecular weight is 482 g/mol. The lowest BCUT2D eigenvalue weighted by atomic mass is 10.0. The van der Waals surface area contributed by atoms with E-state index in [0.717, 1.165) is 12.0 Å². The van der Waals surface area contributed by atoms with Crippen LogP contribution in [0.1, 0.15) is 53.5 Å². The van der Waals surface area contributed by atoms with Crippen molar-refractivity contribution in [3.63, 3.8) is 0 Å². The van der Waals surface area contributed by atoms with Gasteiger partial charge in [-0.15, -0.1) is 0 Å². The molecule has 4 amide bonds. The Kier molecular flexibility index (Phi) is 18.5. The number of urea groups is 1. The summed E-state index contributed by atoms with van der Waals surface area (Å²) in [5.41, 5.74) is 12.5. The number of nitrogens with two attached hydrogens (primary N) is 3. The SMILES string of the molecule is CC.CC(=O)NC(/C(N)=C/N(N)CC(=O)Nc1ccc(CO)cc1)C(C)C.CCCNC(N)=O. The quantitative estimate of drug-likeness (QED) is 0.194. The topological polar surface area (TPSA) is 189 Å². The minimum absolute atomic E-state index is 0.0554. The highest BCUT2D eigenvalue weighted by atomic mass is 16.3. The van der Waals surface area contributed by atoms with Gasteiger partial charge in [-0.2, -0.15) is 0 Å². The number of aliphatic hydroxyl groups is 1. The van der Waals surface area contributed by atoms with E-state index >= 15 is 0 Å². The van der Waals surface area contributed by atoms with Crippen LogP contribution in [0.5, 0.6) is 0 Å². The minimum Gasteiger partial charge on any atom is -0.399 e. The largest absolute Gasteiger partial charge is 0.399 e. The lowest BCUT2D eigenvalue weighted by Crippen LogP contribution is -2.43. The third-order valence-electron chi connectivity index (χ3n) is 4.00. The van der Waals surface area contributed by atoms with Crippen LogP contribution in [0.2, 0.25) is 0 Å². The Morgan fingerprint density at radius 3 is 2.06 bits per heavy atom. The summed E-state index contributed by atoms with van der Waals surface area (Å²) in [6, 6.07) is 6.02. The van der Waals surface area contributed by atoms with Gasteiger partial charge in [-0.25, -0.2) is 10.6 Å². The third kappa shape index (κ3) is 16.3. The highest BCUT2D eigenvalue weighted by Crippen LogP contribution is 2.10. The summed E-state index contributed by atoms with van der Waals surface area (Å²) in [5, 5.41) is 18.1. The predicted molar refractivity (Wildman–Crippen MR) is 136 cm³/mol. The maximum Gasteiger partial charge on any atom is 0.312 e. The van der Waals surface area contributed by atoms with E-state index in [1.165, 1.54) is 18.1 Å². The van der Waals surface area contributed by atoms with E-state index in [1.807, 2.05) is 34.6 Å². The van der Waals surface area contributed by atoms with Crippen LogP contribution in [-0.2, 0) is 16.2 Å². The summed E-state index contributed by atoms with van der Waals surface area (Å²) in [6.45, 7) is 11.7. The summed E-state index contributed by atoms with van der Waals surface area (Å²) < 4.78 is 0. The van der Waals surface area contributed by atoms with E-state index in [0.29, 0.717) is 17.9 Å². The molecule has 34 heavy (non-hydrogen) atoms. The number of hydrazine groups is 1. The molecule has 0 spiro atoms. The second-order valence-electron chi connectivity index (χ2n) is 7.42. The van der Waals surface area contributed by atoms with Crippen LogP contribution in [0.15, 0.2) is 36.2 Å². The van der Waals surface area contributed by atoms with Crippen LogP contribution in [0, 0.1) is 5.92 Å². The standard InChI is InChI=1S/C17H27N5O3.C4H10N2O.C2H6/c1-11(2)17(20-12(3)24)15(18)8-22(19)9-16(25)21-14-6-4-13(10-23)5-7-14;1-2-3-6-4(5)7;1-2/h4-8,11,17,23H,9-10,18-19H2,1-3H3,(H,20,24)(H,21,25);2-3H2,1H3,(H3,5,6,7);1-2H3/b15-8-;;. The number of benzene rings is 1. The normalized spacial score (nSPS) is 11.1. The number of rotatable bonds is 10. The molecule has 0 radical (unpaired) electrons. The smallest absolute Gasteiger partial charge is 0.312 e. The third-order valence-corrected chi connectivity index (χ3v) is 4.00. The Morgan fingerprint density at radius 1 is 1.12 bits per heavy atom. The number of hydrogen-bond acceptors (Lipinski definition) is 7. The van der Waals surface area contributed by atoms with E-state index in [9.17, 15) is 14.4 Å².